The summed E-state index contributed by atoms with van der Waals surface area (Å²) in [6.45, 7) is 0. The number of pyridine rings is 1. The third-order valence-electron chi connectivity index (χ3n) is 2.83. The first-order valence-electron chi connectivity index (χ1n) is 5.27. The highest BCUT2D eigenvalue weighted by Crippen LogP contribution is 2.24. The lowest BCUT2D eigenvalue weighted by atomic mass is 9.91. The van der Waals surface area contributed by atoms with Gasteiger partial charge in [-0.3, -0.25) is 4.79 Å². The van der Waals surface area contributed by atoms with E-state index in [2.05, 4.69) is 10.2 Å². The molecule has 1 aliphatic rings. The van der Waals surface area contributed by atoms with Crippen LogP contribution < -0.4 is 0 Å². The summed E-state index contributed by atoms with van der Waals surface area (Å²) in [6.07, 6.45) is 3.10. The maximum absolute atomic E-state index is 11.1. The molecule has 1 amide bonds. The molecule has 88 valence electrons. The molecular formula is C11H10N2O4. The van der Waals surface area contributed by atoms with Gasteiger partial charge in [-0.05, 0) is 37.3 Å². The molecule has 0 atom stereocenters. The van der Waals surface area contributed by atoms with Crippen molar-refractivity contribution in [3.63, 3.8) is 0 Å². The van der Waals surface area contributed by atoms with Gasteiger partial charge in [-0.1, -0.05) is 0 Å². The molecule has 0 radical (unpaired) electrons. The van der Waals surface area contributed by atoms with E-state index in [1.54, 1.807) is 0 Å². The molecule has 1 aromatic rings. The minimum Gasteiger partial charge on any atom is -0.478 e. The highest BCUT2D eigenvalue weighted by atomic mass is 16.4. The normalized spacial score (nSPS) is 13.9. The van der Waals surface area contributed by atoms with Crippen LogP contribution in [-0.4, -0.2) is 22.0 Å². The van der Waals surface area contributed by atoms with E-state index in [1.165, 1.54) is 0 Å². The molecule has 2 rings (SSSR count). The molecular weight excluding hydrogens is 224 g/mol. The van der Waals surface area contributed by atoms with Crippen LogP contribution >= 0.6 is 0 Å². The predicted octanol–water partition coefficient (Wildman–Crippen LogP) is 1.57. The zero-order chi connectivity index (χ0) is 12.4. The quantitative estimate of drug-likeness (QED) is 0.783. The van der Waals surface area contributed by atoms with Gasteiger partial charge in [-0.2, -0.15) is 0 Å². The number of carbonyl (C=O) groups excluding carboxylic acids is 1. The topological polar surface area (TPSA) is 96.7 Å². The zero-order valence-corrected chi connectivity index (χ0v) is 8.97. The molecule has 0 fully saturated rings. The van der Waals surface area contributed by atoms with E-state index in [0.717, 1.165) is 18.9 Å². The van der Waals surface area contributed by atoms with Gasteiger partial charge < -0.3 is 5.11 Å². The van der Waals surface area contributed by atoms with Crippen molar-refractivity contribution in [2.45, 2.75) is 25.7 Å². The fraction of sp³-hybridized carbons (Fsp3) is 0.364. The Bertz CT molecular complexity index is 510. The van der Waals surface area contributed by atoms with Crippen molar-refractivity contribution in [3.05, 3.63) is 33.5 Å². The lowest BCUT2D eigenvalue weighted by Crippen LogP contribution is -2.15. The van der Waals surface area contributed by atoms with Gasteiger partial charge in [-0.15, -0.1) is 4.91 Å². The number of carboxylic acid groups (broad SMARTS) is 1. The Hall–Kier alpha value is -2.11. The van der Waals surface area contributed by atoms with Gasteiger partial charge in [-0.25, -0.2) is 9.78 Å². The average molecular weight is 234 g/mol. The molecule has 0 saturated carbocycles. The second-order valence-electron chi connectivity index (χ2n) is 3.89. The monoisotopic (exact) mass is 234 g/mol. The second kappa shape index (κ2) is 4.40. The molecule has 0 bridgehead atoms. The molecule has 1 N–H and O–H groups in total. The summed E-state index contributed by atoms with van der Waals surface area (Å²) in [4.78, 5) is 36.4. The van der Waals surface area contributed by atoms with Gasteiger partial charge in [0.2, 0.25) is 0 Å². The number of nitroso groups, excluding NO2 is 1. The lowest BCUT2D eigenvalue weighted by molar-refractivity contribution is 0.0695. The number of carbonyl (C=O) groups is 2. The van der Waals surface area contributed by atoms with Crippen LogP contribution in [0.4, 0.5) is 0 Å². The molecule has 0 aliphatic heterocycles. The van der Waals surface area contributed by atoms with Gasteiger partial charge in [0.1, 0.15) is 5.69 Å². The first-order chi connectivity index (χ1) is 8.13. The van der Waals surface area contributed by atoms with Crippen molar-refractivity contribution in [1.82, 2.24) is 4.98 Å². The summed E-state index contributed by atoms with van der Waals surface area (Å²) in [5, 5.41) is 11.3. The van der Waals surface area contributed by atoms with E-state index in [4.69, 9.17) is 5.11 Å². The Labute approximate surface area is 96.6 Å². The van der Waals surface area contributed by atoms with Crippen molar-refractivity contribution in [3.8, 4) is 0 Å². The van der Waals surface area contributed by atoms with Crippen LogP contribution in [0.1, 0.15) is 44.9 Å². The molecule has 17 heavy (non-hydrogen) atoms. The minimum absolute atomic E-state index is 0.0571. The molecule has 6 heteroatoms. The number of aromatic nitrogens is 1. The van der Waals surface area contributed by atoms with Gasteiger partial charge in [0, 0.05) is 10.9 Å². The number of rotatable bonds is 2. The van der Waals surface area contributed by atoms with E-state index in [0.29, 0.717) is 24.1 Å². The molecule has 0 spiro atoms. The fourth-order valence-electron chi connectivity index (χ4n) is 2.05. The largest absolute Gasteiger partial charge is 0.478 e. The molecule has 0 aromatic carbocycles. The number of hydrogen-bond acceptors (Lipinski definition) is 4. The Morgan fingerprint density at radius 3 is 2.65 bits per heavy atom. The van der Waals surface area contributed by atoms with Crippen molar-refractivity contribution < 1.29 is 14.7 Å². The van der Waals surface area contributed by atoms with Crippen LogP contribution in [0, 0.1) is 4.91 Å². The first-order valence-corrected chi connectivity index (χ1v) is 5.27. The maximum Gasteiger partial charge on any atom is 0.336 e. The summed E-state index contributed by atoms with van der Waals surface area (Å²) >= 11 is 0. The van der Waals surface area contributed by atoms with E-state index < -0.39 is 11.9 Å². The Kier molecular flexibility index (Phi) is 2.95. The number of aryl methyl sites for hydroxylation is 1. The van der Waals surface area contributed by atoms with Crippen LogP contribution in [0.15, 0.2) is 11.2 Å². The van der Waals surface area contributed by atoms with E-state index in [1.807, 2.05) is 0 Å². The van der Waals surface area contributed by atoms with Crippen molar-refractivity contribution in [2.75, 3.05) is 0 Å². The molecule has 0 unspecified atom stereocenters. The van der Waals surface area contributed by atoms with Crippen molar-refractivity contribution in [1.29, 1.82) is 0 Å². The molecule has 1 aliphatic carbocycles. The van der Waals surface area contributed by atoms with E-state index in [-0.39, 0.29) is 11.3 Å². The third-order valence-corrected chi connectivity index (χ3v) is 2.83. The van der Waals surface area contributed by atoms with Crippen LogP contribution in [-0.2, 0) is 12.8 Å². The average Bonchev–Trinajstić information content (AvgIpc) is 2.36. The highest BCUT2D eigenvalue weighted by Gasteiger charge is 2.22. The molecule has 1 aromatic heterocycles. The minimum atomic E-state index is -1.11. The van der Waals surface area contributed by atoms with Gasteiger partial charge in [0.15, 0.2) is 0 Å². The fourth-order valence-corrected chi connectivity index (χ4v) is 2.05. The number of aromatic carboxylic acids is 1. The first kappa shape index (κ1) is 11.4. The molecule has 0 saturated heterocycles. The van der Waals surface area contributed by atoms with Crippen LogP contribution in [0.2, 0.25) is 0 Å². The van der Waals surface area contributed by atoms with Gasteiger partial charge in [0.05, 0.1) is 5.56 Å². The Morgan fingerprint density at radius 1 is 1.29 bits per heavy atom. The van der Waals surface area contributed by atoms with Crippen LogP contribution in [0.25, 0.3) is 0 Å². The molecule has 6 nitrogen and oxygen atoms in total. The summed E-state index contributed by atoms with van der Waals surface area (Å²) < 4.78 is 0. The van der Waals surface area contributed by atoms with E-state index in [9.17, 15) is 14.5 Å². The summed E-state index contributed by atoms with van der Waals surface area (Å²) in [5.41, 5.74) is 1.15. The number of hydrogen-bond donors (Lipinski definition) is 1. The second-order valence-corrected chi connectivity index (χ2v) is 3.89. The highest BCUT2D eigenvalue weighted by molar-refractivity contribution is 5.97. The van der Waals surface area contributed by atoms with Crippen molar-refractivity contribution >= 4 is 11.9 Å². The Morgan fingerprint density at radius 2 is 2.00 bits per heavy atom. The smallest absolute Gasteiger partial charge is 0.336 e. The zero-order valence-electron chi connectivity index (χ0n) is 8.97. The number of amides is 1. The van der Waals surface area contributed by atoms with Gasteiger partial charge >= 0.3 is 11.9 Å². The van der Waals surface area contributed by atoms with Crippen molar-refractivity contribution in [2.24, 2.45) is 5.18 Å². The van der Waals surface area contributed by atoms with Gasteiger partial charge in [0.25, 0.3) is 0 Å². The summed E-state index contributed by atoms with van der Waals surface area (Å²) in [6, 6.07) is 1.14. The number of nitrogens with zero attached hydrogens (tertiary/aromatic N) is 2. The molecule has 1 heterocycles. The van der Waals surface area contributed by atoms with Crippen LogP contribution in [0.3, 0.4) is 0 Å². The lowest BCUT2D eigenvalue weighted by Gasteiger charge is -2.17. The number of fused-ring (bicyclic) bond motifs is 1. The summed E-state index contributed by atoms with van der Waals surface area (Å²) in [5.74, 6) is -2.13. The van der Waals surface area contributed by atoms with Crippen LogP contribution in [0.5, 0.6) is 0 Å². The van der Waals surface area contributed by atoms with E-state index >= 15 is 0 Å². The maximum atomic E-state index is 11.1. The summed E-state index contributed by atoms with van der Waals surface area (Å²) in [7, 11) is 0. The SMILES string of the molecule is O=NC(=O)c1cc(C(=O)O)c2c(n1)CCCC2. The standard InChI is InChI=1S/C11H10N2O4/c14-10(13-17)9-5-7(11(15)16)6-3-1-2-4-8(6)12-9/h5H,1-4H2,(H,15,16). The predicted molar refractivity (Wildman–Crippen MR) is 58.0 cm³/mol. The number of carboxylic acids is 1. The Balaban J connectivity index is 2.59. The third kappa shape index (κ3) is 2.06.